The number of halogens is 3. The maximum atomic E-state index is 12.1. The van der Waals surface area contributed by atoms with Crippen molar-refractivity contribution < 1.29 is 27.4 Å². The summed E-state index contributed by atoms with van der Waals surface area (Å²) in [5, 5.41) is 0. The van der Waals surface area contributed by atoms with Gasteiger partial charge in [0.1, 0.15) is 5.75 Å². The second-order valence-electron chi connectivity index (χ2n) is 5.30. The number of ether oxygens (including phenoxy) is 2. The minimum Gasteiger partial charge on any atom is -0.484 e. The van der Waals surface area contributed by atoms with Gasteiger partial charge >= 0.3 is 12.1 Å². The van der Waals surface area contributed by atoms with Crippen molar-refractivity contribution in [1.29, 1.82) is 0 Å². The Labute approximate surface area is 126 Å². The van der Waals surface area contributed by atoms with E-state index in [0.717, 1.165) is 18.5 Å². The number of rotatable bonds is 5. The molecule has 122 valence electrons. The van der Waals surface area contributed by atoms with Gasteiger partial charge in [0, 0.05) is 13.1 Å². The molecule has 1 aliphatic heterocycles. The number of carbonyl (C=O) groups is 1. The predicted molar refractivity (Wildman–Crippen MR) is 73.4 cm³/mol. The molecule has 1 saturated heterocycles. The largest absolute Gasteiger partial charge is 0.484 e. The van der Waals surface area contributed by atoms with E-state index in [4.69, 9.17) is 9.47 Å². The van der Waals surface area contributed by atoms with E-state index in [1.807, 2.05) is 6.07 Å². The molecule has 1 unspecified atom stereocenters. The molecule has 0 aromatic heterocycles. The second kappa shape index (κ2) is 7.00. The summed E-state index contributed by atoms with van der Waals surface area (Å²) in [4.78, 5) is 13.5. The molecule has 0 N–H and O–H groups in total. The topological polar surface area (TPSA) is 38.8 Å². The van der Waals surface area contributed by atoms with Crippen LogP contribution in [0.5, 0.6) is 5.75 Å². The molecule has 0 saturated carbocycles. The fourth-order valence-electron chi connectivity index (χ4n) is 2.49. The Morgan fingerprint density at radius 3 is 2.86 bits per heavy atom. The summed E-state index contributed by atoms with van der Waals surface area (Å²) in [7, 11) is 1.37. The summed E-state index contributed by atoms with van der Waals surface area (Å²) in [6.07, 6.45) is -3.62. The molecule has 1 heterocycles. The highest BCUT2D eigenvalue weighted by molar-refractivity contribution is 5.72. The third kappa shape index (κ3) is 4.91. The van der Waals surface area contributed by atoms with Crippen LogP contribution in [-0.4, -0.2) is 43.9 Å². The smallest absolute Gasteiger partial charge is 0.422 e. The molecule has 1 atom stereocenters. The van der Waals surface area contributed by atoms with Crippen LogP contribution >= 0.6 is 0 Å². The number of esters is 1. The summed E-state index contributed by atoms with van der Waals surface area (Å²) >= 11 is 0. The maximum Gasteiger partial charge on any atom is 0.422 e. The summed E-state index contributed by atoms with van der Waals surface area (Å²) in [6, 6.07) is 6.58. The Bertz CT molecular complexity index is 519. The summed E-state index contributed by atoms with van der Waals surface area (Å²) in [5.74, 6) is -0.155. The van der Waals surface area contributed by atoms with Crippen LogP contribution in [0.2, 0.25) is 0 Å². The van der Waals surface area contributed by atoms with Gasteiger partial charge in [0.2, 0.25) is 0 Å². The first-order chi connectivity index (χ1) is 10.4. The summed E-state index contributed by atoms with van der Waals surface area (Å²) in [5.41, 5.74) is 0.852. The average Bonchev–Trinajstić information content (AvgIpc) is 2.92. The van der Waals surface area contributed by atoms with E-state index in [1.165, 1.54) is 13.2 Å². The molecule has 1 aromatic rings. The van der Waals surface area contributed by atoms with Gasteiger partial charge in [0.25, 0.3) is 0 Å². The van der Waals surface area contributed by atoms with E-state index in [9.17, 15) is 18.0 Å². The highest BCUT2D eigenvalue weighted by atomic mass is 19.4. The van der Waals surface area contributed by atoms with Crippen molar-refractivity contribution in [1.82, 2.24) is 4.90 Å². The molecular weight excluding hydrogens is 299 g/mol. The fourth-order valence-corrected chi connectivity index (χ4v) is 2.49. The van der Waals surface area contributed by atoms with Gasteiger partial charge in [0.15, 0.2) is 6.61 Å². The van der Waals surface area contributed by atoms with Crippen LogP contribution in [0.1, 0.15) is 12.0 Å². The van der Waals surface area contributed by atoms with Gasteiger partial charge in [-0.25, -0.2) is 0 Å². The van der Waals surface area contributed by atoms with Gasteiger partial charge in [-0.15, -0.1) is 0 Å². The van der Waals surface area contributed by atoms with Crippen molar-refractivity contribution in [3.8, 4) is 5.75 Å². The number of benzene rings is 1. The van der Waals surface area contributed by atoms with Gasteiger partial charge in [-0.1, -0.05) is 12.1 Å². The minimum absolute atomic E-state index is 0.130. The highest BCUT2D eigenvalue weighted by Crippen LogP contribution is 2.23. The third-order valence-corrected chi connectivity index (χ3v) is 3.51. The van der Waals surface area contributed by atoms with Crippen molar-refractivity contribution in [2.75, 3.05) is 26.8 Å². The first kappa shape index (κ1) is 16.6. The number of methoxy groups -OCH3 is 1. The highest BCUT2D eigenvalue weighted by Gasteiger charge is 2.29. The number of alkyl halides is 3. The van der Waals surface area contributed by atoms with Crippen LogP contribution in [0.15, 0.2) is 24.3 Å². The van der Waals surface area contributed by atoms with E-state index in [-0.39, 0.29) is 17.6 Å². The molecular formula is C15H18F3NO3. The molecule has 0 bridgehead atoms. The lowest BCUT2D eigenvalue weighted by atomic mass is 10.1. The lowest BCUT2D eigenvalue weighted by Gasteiger charge is -2.16. The van der Waals surface area contributed by atoms with Crippen LogP contribution < -0.4 is 4.74 Å². The second-order valence-corrected chi connectivity index (χ2v) is 5.30. The quantitative estimate of drug-likeness (QED) is 0.783. The van der Waals surface area contributed by atoms with Crippen LogP contribution in [0.4, 0.5) is 13.2 Å². The van der Waals surface area contributed by atoms with Gasteiger partial charge in [-0.2, -0.15) is 13.2 Å². The Balaban J connectivity index is 1.90. The van der Waals surface area contributed by atoms with Crippen LogP contribution in [-0.2, 0) is 16.1 Å². The van der Waals surface area contributed by atoms with E-state index in [0.29, 0.717) is 13.1 Å². The molecule has 0 aliphatic carbocycles. The molecule has 0 radical (unpaired) electrons. The van der Waals surface area contributed by atoms with Crippen molar-refractivity contribution >= 4 is 5.97 Å². The number of hydrogen-bond donors (Lipinski definition) is 0. The van der Waals surface area contributed by atoms with E-state index in [1.54, 1.807) is 12.1 Å². The lowest BCUT2D eigenvalue weighted by molar-refractivity contribution is -0.153. The zero-order valence-electron chi connectivity index (χ0n) is 12.2. The molecule has 7 heteroatoms. The number of hydrogen-bond acceptors (Lipinski definition) is 4. The Morgan fingerprint density at radius 1 is 1.41 bits per heavy atom. The van der Waals surface area contributed by atoms with Gasteiger partial charge in [-0.3, -0.25) is 9.69 Å². The molecule has 2 rings (SSSR count). The zero-order chi connectivity index (χ0) is 16.2. The van der Waals surface area contributed by atoms with Gasteiger partial charge < -0.3 is 9.47 Å². The first-order valence-electron chi connectivity index (χ1n) is 6.96. The molecule has 1 fully saturated rings. The molecule has 4 nitrogen and oxygen atoms in total. The van der Waals surface area contributed by atoms with Crippen LogP contribution in [0.25, 0.3) is 0 Å². The molecule has 1 aliphatic rings. The van der Waals surface area contributed by atoms with Crippen LogP contribution in [0, 0.1) is 5.92 Å². The number of nitrogens with zero attached hydrogens (tertiary/aromatic N) is 1. The minimum atomic E-state index is -4.35. The van der Waals surface area contributed by atoms with Crippen molar-refractivity contribution in [3.63, 3.8) is 0 Å². The monoisotopic (exact) mass is 317 g/mol. The van der Waals surface area contributed by atoms with Crippen molar-refractivity contribution in [2.24, 2.45) is 5.92 Å². The standard InChI is InChI=1S/C15H18F3NO3/c1-21-14(20)12-5-6-19(9-12)8-11-3-2-4-13(7-11)22-10-15(16,17)18/h2-4,7,12H,5-6,8-10H2,1H3. The zero-order valence-corrected chi connectivity index (χ0v) is 12.2. The average molecular weight is 317 g/mol. The van der Waals surface area contributed by atoms with E-state index in [2.05, 4.69) is 4.90 Å². The third-order valence-electron chi connectivity index (χ3n) is 3.51. The van der Waals surface area contributed by atoms with Crippen molar-refractivity contribution in [3.05, 3.63) is 29.8 Å². The molecule has 0 amide bonds. The normalized spacial score (nSPS) is 19.2. The summed E-state index contributed by atoms with van der Waals surface area (Å²) in [6.45, 7) is 0.620. The van der Waals surface area contributed by atoms with Crippen molar-refractivity contribution in [2.45, 2.75) is 19.1 Å². The molecule has 1 aromatic carbocycles. The fraction of sp³-hybridized carbons (Fsp3) is 0.533. The maximum absolute atomic E-state index is 12.1. The SMILES string of the molecule is COC(=O)C1CCN(Cc2cccc(OCC(F)(F)F)c2)C1. The summed E-state index contributed by atoms with van der Waals surface area (Å²) < 4.78 is 45.9. The van der Waals surface area contributed by atoms with Gasteiger partial charge in [-0.05, 0) is 30.7 Å². The van der Waals surface area contributed by atoms with Gasteiger partial charge in [0.05, 0.1) is 13.0 Å². The molecule has 0 spiro atoms. The Morgan fingerprint density at radius 2 is 2.18 bits per heavy atom. The predicted octanol–water partition coefficient (Wildman–Crippen LogP) is 2.62. The Kier molecular flexibility index (Phi) is 5.28. The number of likely N-dealkylation sites (tertiary alicyclic amines) is 1. The number of carbonyl (C=O) groups excluding carboxylic acids is 1. The Hall–Kier alpha value is -1.76. The lowest BCUT2D eigenvalue weighted by Crippen LogP contribution is -2.23. The molecule has 22 heavy (non-hydrogen) atoms. The van der Waals surface area contributed by atoms with E-state index < -0.39 is 12.8 Å². The first-order valence-corrected chi connectivity index (χ1v) is 6.96. The van der Waals surface area contributed by atoms with Crippen LogP contribution in [0.3, 0.4) is 0 Å². The van der Waals surface area contributed by atoms with E-state index >= 15 is 0 Å².